The van der Waals surface area contributed by atoms with Crippen LogP contribution in [0.4, 0.5) is 5.82 Å². The molecule has 3 N–H and O–H groups in total. The molecular weight excluding hydrogens is 572 g/mol. The molecule has 3 aromatic rings. The maximum atomic E-state index is 12.6. The number of ether oxygens (including phenoxy) is 1. The first-order chi connectivity index (χ1) is 18.0. The number of nitrogens with one attached hydrogen (secondary N) is 2. The van der Waals surface area contributed by atoms with Gasteiger partial charge < -0.3 is 24.9 Å². The van der Waals surface area contributed by atoms with E-state index in [1.165, 1.54) is 36.7 Å². The van der Waals surface area contributed by atoms with Crippen LogP contribution in [0.2, 0.25) is 0 Å². The number of β-amino-alcohol motifs (C(OH)–C–C–N with tert-alkyl or cyclic N) is 1. The number of hydrogen-bond donors (Lipinski definition) is 3. The van der Waals surface area contributed by atoms with Crippen molar-refractivity contribution in [3.8, 4) is 5.75 Å². The highest BCUT2D eigenvalue weighted by Crippen LogP contribution is 2.35. The van der Waals surface area contributed by atoms with Gasteiger partial charge in [0.15, 0.2) is 12.2 Å². The van der Waals surface area contributed by atoms with Crippen LogP contribution < -0.4 is 15.4 Å². The molecule has 1 aliphatic heterocycles. The molecule has 0 spiro atoms. The molecule has 1 aromatic carbocycles. The van der Waals surface area contributed by atoms with Crippen molar-refractivity contribution in [3.05, 3.63) is 64.2 Å². The summed E-state index contributed by atoms with van der Waals surface area (Å²) in [5.74, 6) is 1.77. The number of fused-ring (bicyclic) bond motifs is 1. The first-order valence-electron chi connectivity index (χ1n) is 12.6. The van der Waals surface area contributed by atoms with E-state index in [9.17, 15) is 9.90 Å². The molecule has 0 saturated heterocycles. The van der Waals surface area contributed by atoms with Crippen molar-refractivity contribution in [1.82, 2.24) is 25.2 Å². The summed E-state index contributed by atoms with van der Waals surface area (Å²) in [4.78, 5) is 27.0. The first kappa shape index (κ1) is 28.3. The third-order valence-corrected chi connectivity index (χ3v) is 7.67. The van der Waals surface area contributed by atoms with Gasteiger partial charge in [0.1, 0.15) is 30.2 Å². The van der Waals surface area contributed by atoms with Crippen LogP contribution >= 0.6 is 29.4 Å². The molecule has 1 fully saturated rings. The lowest BCUT2D eigenvalue weighted by Gasteiger charge is -2.31. The number of hydrogen-bond acceptors (Lipinski definition) is 9. The fourth-order valence-corrected chi connectivity index (χ4v) is 5.58. The zero-order valence-corrected chi connectivity index (χ0v) is 23.6. The van der Waals surface area contributed by atoms with Crippen LogP contribution in [0.25, 0.3) is 0 Å². The molecule has 3 heterocycles. The number of halogens is 1. The maximum absolute atomic E-state index is 12.6. The highest BCUT2D eigenvalue weighted by molar-refractivity contribution is 9.10. The van der Waals surface area contributed by atoms with Crippen molar-refractivity contribution in [1.29, 1.82) is 0 Å². The summed E-state index contributed by atoms with van der Waals surface area (Å²) in [6, 6.07) is 6.07. The van der Waals surface area contributed by atoms with Gasteiger partial charge in [-0.25, -0.2) is 15.0 Å². The predicted molar refractivity (Wildman–Crippen MR) is 151 cm³/mol. The van der Waals surface area contributed by atoms with E-state index < -0.39 is 6.10 Å². The monoisotopic (exact) mass is 604 g/mol. The van der Waals surface area contributed by atoms with Crippen molar-refractivity contribution in [2.24, 2.45) is 0 Å². The van der Waals surface area contributed by atoms with Crippen molar-refractivity contribution in [2.75, 3.05) is 25.0 Å². The molecule has 10 nitrogen and oxygen atoms in total. The number of carbonyl (C=O) groups excluding carboxylic acids is 1. The third kappa shape index (κ3) is 7.25. The summed E-state index contributed by atoms with van der Waals surface area (Å²) in [7, 11) is 0. The molecule has 1 aliphatic carbocycles. The van der Waals surface area contributed by atoms with Crippen LogP contribution in [-0.4, -0.2) is 62.6 Å². The van der Waals surface area contributed by atoms with Gasteiger partial charge in [0.2, 0.25) is 0 Å². The van der Waals surface area contributed by atoms with Crippen LogP contribution in [0.15, 0.2) is 46.0 Å². The molecule has 1 atom stereocenters. The van der Waals surface area contributed by atoms with Gasteiger partial charge in [0.25, 0.3) is 5.91 Å². The molecule has 2 aliphatic rings. The zero-order valence-electron chi connectivity index (χ0n) is 21.0. The Hall–Kier alpha value is -2.67. The van der Waals surface area contributed by atoms with E-state index in [1.807, 2.05) is 6.07 Å². The number of oxazole rings is 1. The lowest BCUT2D eigenvalue weighted by molar-refractivity contribution is 0.0837. The van der Waals surface area contributed by atoms with Crippen LogP contribution in [0.5, 0.6) is 5.75 Å². The van der Waals surface area contributed by atoms with Crippen LogP contribution in [0.3, 0.4) is 0 Å². The molecule has 0 radical (unpaired) electrons. The van der Waals surface area contributed by atoms with Gasteiger partial charge in [0, 0.05) is 38.3 Å². The maximum Gasteiger partial charge on any atom is 0.270 e. The predicted octanol–water partition coefficient (Wildman–Crippen LogP) is 3.42. The van der Waals surface area contributed by atoms with Gasteiger partial charge in [-0.1, -0.05) is 18.9 Å². The summed E-state index contributed by atoms with van der Waals surface area (Å²) in [6.45, 7) is 2.43. The summed E-state index contributed by atoms with van der Waals surface area (Å²) in [6.07, 6.45) is 9.22. The Balaban J connectivity index is 0.00000336. The Bertz CT molecular complexity index is 1210. The average molecular weight is 606 g/mol. The number of aliphatic hydroxyl groups is 1. The molecule has 12 heteroatoms. The smallest absolute Gasteiger partial charge is 0.270 e. The second-order valence-electron chi connectivity index (χ2n) is 9.53. The van der Waals surface area contributed by atoms with E-state index in [0.29, 0.717) is 43.0 Å². The Morgan fingerprint density at radius 3 is 2.92 bits per heavy atom. The largest absolute Gasteiger partial charge is 0.484 e. The Labute approximate surface area is 237 Å². The fourth-order valence-electron chi connectivity index (χ4n) is 4.88. The number of anilines is 1. The number of rotatable bonds is 10. The number of nitrogens with zero attached hydrogens (tertiary/aromatic N) is 4. The number of amides is 1. The molecule has 0 bridgehead atoms. The van der Waals surface area contributed by atoms with Gasteiger partial charge in [-0.3, -0.25) is 9.69 Å². The third-order valence-electron chi connectivity index (χ3n) is 6.80. The summed E-state index contributed by atoms with van der Waals surface area (Å²) in [5.41, 5.74) is 2.69. The van der Waals surface area contributed by atoms with Crippen molar-refractivity contribution < 1.29 is 19.1 Å². The lowest BCUT2D eigenvalue weighted by Crippen LogP contribution is -2.42. The second-order valence-corrected chi connectivity index (χ2v) is 10.3. The molecule has 1 saturated carbocycles. The quantitative estimate of drug-likeness (QED) is 0.319. The Morgan fingerprint density at radius 1 is 1.29 bits per heavy atom. The first-order valence-corrected chi connectivity index (χ1v) is 13.4. The van der Waals surface area contributed by atoms with Crippen molar-refractivity contribution in [2.45, 2.75) is 57.4 Å². The molecular formula is C26H33BrN6O4S. The molecule has 38 heavy (non-hydrogen) atoms. The summed E-state index contributed by atoms with van der Waals surface area (Å²) < 4.78 is 12.1. The minimum Gasteiger partial charge on any atom is -0.484 e. The second kappa shape index (κ2) is 13.4. The molecule has 1 amide bonds. The van der Waals surface area contributed by atoms with Gasteiger partial charge >= 0.3 is 0 Å². The minimum absolute atomic E-state index is 0. The number of aromatic nitrogens is 3. The molecule has 5 rings (SSSR count). The normalized spacial score (nSPS) is 16.4. The molecule has 2 aromatic heterocycles. The van der Waals surface area contributed by atoms with E-state index in [0.717, 1.165) is 36.0 Å². The van der Waals surface area contributed by atoms with Crippen LogP contribution in [0, 0.1) is 0 Å². The number of carbonyl (C=O) groups is 1. The lowest BCUT2D eigenvalue weighted by atomic mass is 9.99. The summed E-state index contributed by atoms with van der Waals surface area (Å²) in [5, 5.41) is 16.8. The van der Waals surface area contributed by atoms with E-state index in [1.54, 1.807) is 12.3 Å². The van der Waals surface area contributed by atoms with Crippen LogP contribution in [-0.2, 0) is 19.6 Å². The average Bonchev–Trinajstić information content (AvgIpc) is 3.62. The van der Waals surface area contributed by atoms with E-state index in [-0.39, 0.29) is 25.9 Å². The highest BCUT2D eigenvalue weighted by atomic mass is 79.9. The Morgan fingerprint density at radius 2 is 2.13 bits per heavy atom. The van der Waals surface area contributed by atoms with E-state index in [2.05, 4.69) is 52.5 Å². The van der Waals surface area contributed by atoms with E-state index >= 15 is 0 Å². The zero-order chi connectivity index (χ0) is 25.6. The number of benzene rings is 1. The standard InChI is InChI=1S/C26H31BrN6O4.H2S/c27-25-21-7-8-33(12-17(21)5-6-23(25)36-14-20-11-28-16-37-20)13-19(34)10-29-26(35)22-9-24(31-15-30-22)32-18-3-1-2-4-18;/h5-6,9,11,15-16,18-19,34H,1-4,7-8,10,12-14H2,(H,29,35)(H,30,31,32);1H2/t19-;/m0./s1. The van der Waals surface area contributed by atoms with Crippen molar-refractivity contribution in [3.63, 3.8) is 0 Å². The van der Waals surface area contributed by atoms with Crippen LogP contribution in [0.1, 0.15) is 53.1 Å². The molecule has 0 unspecified atom stereocenters. The van der Waals surface area contributed by atoms with Gasteiger partial charge in [0.05, 0.1) is 16.8 Å². The topological polar surface area (TPSA) is 126 Å². The van der Waals surface area contributed by atoms with Gasteiger partial charge in [-0.15, -0.1) is 0 Å². The van der Waals surface area contributed by atoms with Gasteiger partial charge in [-0.2, -0.15) is 13.5 Å². The highest BCUT2D eigenvalue weighted by Gasteiger charge is 2.23. The summed E-state index contributed by atoms with van der Waals surface area (Å²) >= 11 is 3.69. The van der Waals surface area contributed by atoms with Crippen molar-refractivity contribution >= 4 is 41.2 Å². The number of aliphatic hydroxyl groups excluding tert-OH is 1. The molecule has 204 valence electrons. The van der Waals surface area contributed by atoms with Gasteiger partial charge in [-0.05, 0) is 52.4 Å². The minimum atomic E-state index is -0.698. The van der Waals surface area contributed by atoms with E-state index in [4.69, 9.17) is 9.15 Å². The SMILES string of the molecule is O=C(NC[C@H](O)CN1CCc2c(ccc(OCc3cnco3)c2Br)C1)c1cc(NC2CCCC2)ncn1.S. The fraction of sp³-hybridized carbons (Fsp3) is 0.462. The Kier molecular flexibility index (Phi) is 10.0.